The largest absolute Gasteiger partial charge is 0.494 e. The molecule has 5 N–H and O–H groups in total. The molecule has 0 aliphatic carbocycles. The molecule has 4 saturated heterocycles. The number of amides is 1. The van der Waals surface area contributed by atoms with Crippen molar-refractivity contribution in [3.63, 3.8) is 0 Å². The Morgan fingerprint density at radius 3 is 1.53 bits per heavy atom. The molecule has 0 bridgehead atoms. The van der Waals surface area contributed by atoms with Crippen molar-refractivity contribution in [1.29, 1.82) is 0 Å². The van der Waals surface area contributed by atoms with Crippen molar-refractivity contribution in [2.45, 2.75) is 37.8 Å². The number of hydrogen-bond donors (Lipinski definition) is 4. The van der Waals surface area contributed by atoms with Gasteiger partial charge in [-0.25, -0.2) is 19.9 Å². The van der Waals surface area contributed by atoms with E-state index in [2.05, 4.69) is 104 Å². The smallest absolute Gasteiger partial charge is 0.247 e. The molecular formula is C60H67ClN14O4. The fourth-order valence-electron chi connectivity index (χ4n) is 11.0. The number of nitrogens with zero attached hydrogens (tertiary/aromatic N) is 10. The van der Waals surface area contributed by atoms with E-state index in [-0.39, 0.29) is 5.91 Å². The van der Waals surface area contributed by atoms with Crippen molar-refractivity contribution in [1.82, 2.24) is 38.9 Å². The molecule has 0 spiro atoms. The van der Waals surface area contributed by atoms with Crippen LogP contribution in [0.15, 0.2) is 135 Å². The molecule has 4 aromatic carbocycles. The average Bonchev–Trinajstić information content (AvgIpc) is 4.41. The number of carbonyl (C=O) groups excluding carboxylic acids is 2. The lowest BCUT2D eigenvalue weighted by Gasteiger charge is -2.46. The molecule has 4 fully saturated rings. The molecule has 12 rings (SSSR count). The van der Waals surface area contributed by atoms with E-state index in [0.717, 1.165) is 99.6 Å². The van der Waals surface area contributed by atoms with E-state index in [0.29, 0.717) is 41.1 Å². The van der Waals surface area contributed by atoms with Gasteiger partial charge in [0.15, 0.2) is 0 Å². The summed E-state index contributed by atoms with van der Waals surface area (Å²) in [6, 6.07) is 29.4. The SMILES string of the molecule is C=CC(=O)Cl.C=CC(=O)Nc1cc(Nc2nccc(-c3cn(C)c4ccccc34)n2)c(OC)cc1N1CC(N2CCCC2)C1.COc1cc(N2CC(N3CCCC3)C2)c(N)cc1Nc1nccc(-c2cn(C)c3ccccc23)n1. The summed E-state index contributed by atoms with van der Waals surface area (Å²) in [5, 5.41) is 11.4. The Morgan fingerprint density at radius 2 is 1.08 bits per heavy atom. The van der Waals surface area contributed by atoms with Crippen molar-refractivity contribution < 1.29 is 19.1 Å². The van der Waals surface area contributed by atoms with Gasteiger partial charge in [-0.1, -0.05) is 49.6 Å². The number of rotatable bonds is 15. The molecule has 8 heterocycles. The third-order valence-corrected chi connectivity index (χ3v) is 15.3. The van der Waals surface area contributed by atoms with Gasteiger partial charge in [0, 0.05) is 122 Å². The molecule has 0 atom stereocenters. The van der Waals surface area contributed by atoms with Crippen LogP contribution in [-0.4, -0.2) is 129 Å². The van der Waals surface area contributed by atoms with E-state index in [1.54, 1.807) is 26.6 Å². The third kappa shape index (κ3) is 11.9. The zero-order valence-corrected chi connectivity index (χ0v) is 45.9. The molecule has 0 radical (unpaired) electrons. The van der Waals surface area contributed by atoms with Gasteiger partial charge in [-0.2, -0.15) is 0 Å². The van der Waals surface area contributed by atoms with Gasteiger partial charge in [0.05, 0.1) is 59.7 Å². The summed E-state index contributed by atoms with van der Waals surface area (Å²) >= 11 is 4.71. The lowest BCUT2D eigenvalue weighted by molar-refractivity contribution is -0.112. The van der Waals surface area contributed by atoms with Crippen molar-refractivity contribution in [2.75, 3.05) is 98.1 Å². The van der Waals surface area contributed by atoms with Crippen LogP contribution in [0.3, 0.4) is 0 Å². The summed E-state index contributed by atoms with van der Waals surface area (Å²) in [5.41, 5.74) is 17.3. The minimum absolute atomic E-state index is 0.266. The Hall–Kier alpha value is -8.45. The van der Waals surface area contributed by atoms with E-state index >= 15 is 0 Å². The minimum atomic E-state index is -0.509. The third-order valence-electron chi connectivity index (χ3n) is 15.1. The van der Waals surface area contributed by atoms with Gasteiger partial charge >= 0.3 is 0 Å². The number of aromatic nitrogens is 6. The van der Waals surface area contributed by atoms with Gasteiger partial charge in [0.25, 0.3) is 0 Å². The molecule has 4 aliphatic heterocycles. The Bertz CT molecular complexity index is 3520. The number of fused-ring (bicyclic) bond motifs is 2. The first-order valence-corrected chi connectivity index (χ1v) is 27.0. The Labute approximate surface area is 465 Å². The van der Waals surface area contributed by atoms with Crippen LogP contribution in [0, 0.1) is 0 Å². The van der Waals surface area contributed by atoms with Crippen LogP contribution < -0.4 is 41.0 Å². The first-order chi connectivity index (χ1) is 38.4. The average molecular weight is 1080 g/mol. The number of nitrogen functional groups attached to an aromatic ring is 1. The number of allylic oxidation sites excluding steroid dienone is 1. The Kier molecular flexibility index (Phi) is 16.4. The first kappa shape index (κ1) is 53.9. The molecule has 4 aromatic heterocycles. The molecule has 0 unspecified atom stereocenters. The van der Waals surface area contributed by atoms with E-state index in [4.69, 9.17) is 36.8 Å². The molecule has 79 heavy (non-hydrogen) atoms. The number of likely N-dealkylation sites (tertiary alicyclic amines) is 2. The monoisotopic (exact) mass is 1080 g/mol. The van der Waals surface area contributed by atoms with Crippen LogP contribution >= 0.6 is 11.6 Å². The molecule has 8 aromatic rings. The predicted molar refractivity (Wildman–Crippen MR) is 318 cm³/mol. The number of halogens is 1. The summed E-state index contributed by atoms with van der Waals surface area (Å²) in [6.07, 6.45) is 15.2. The normalized spacial score (nSPS) is 15.6. The molecular weight excluding hydrogens is 1020 g/mol. The molecule has 19 heteroatoms. The summed E-state index contributed by atoms with van der Waals surface area (Å²) in [6.45, 7) is 15.3. The summed E-state index contributed by atoms with van der Waals surface area (Å²) in [7, 11) is 7.40. The number of methoxy groups -OCH3 is 2. The van der Waals surface area contributed by atoms with Gasteiger partial charge in [0.1, 0.15) is 11.5 Å². The van der Waals surface area contributed by atoms with E-state index in [9.17, 15) is 9.59 Å². The van der Waals surface area contributed by atoms with Crippen molar-refractivity contribution in [2.24, 2.45) is 14.1 Å². The zero-order valence-electron chi connectivity index (χ0n) is 45.2. The summed E-state index contributed by atoms with van der Waals surface area (Å²) in [4.78, 5) is 50.1. The van der Waals surface area contributed by atoms with Crippen molar-refractivity contribution in [3.8, 4) is 34.0 Å². The van der Waals surface area contributed by atoms with Crippen molar-refractivity contribution >= 4 is 90.6 Å². The van der Waals surface area contributed by atoms with E-state index in [1.165, 1.54) is 63.5 Å². The molecule has 4 aliphatic rings. The highest BCUT2D eigenvalue weighted by molar-refractivity contribution is 6.66. The molecule has 1 amide bonds. The Morgan fingerprint density at radius 1 is 0.633 bits per heavy atom. The van der Waals surface area contributed by atoms with E-state index < -0.39 is 5.24 Å². The fourth-order valence-corrected chi connectivity index (χ4v) is 11.0. The number of nitrogens with one attached hydrogen (secondary N) is 3. The zero-order chi connectivity index (χ0) is 55.2. The van der Waals surface area contributed by atoms with Gasteiger partial charge in [-0.05, 0) is 112 Å². The number of benzene rings is 4. The van der Waals surface area contributed by atoms with Crippen LogP contribution in [0.25, 0.3) is 44.3 Å². The number of aryl methyl sites for hydroxylation is 2. The topological polar surface area (TPSA) is 189 Å². The maximum Gasteiger partial charge on any atom is 0.247 e. The maximum absolute atomic E-state index is 12.3. The second-order valence-corrected chi connectivity index (χ2v) is 20.5. The maximum atomic E-state index is 12.3. The molecule has 408 valence electrons. The summed E-state index contributed by atoms with van der Waals surface area (Å²) in [5.74, 6) is 2.03. The highest BCUT2D eigenvalue weighted by Crippen LogP contribution is 2.42. The lowest BCUT2D eigenvalue weighted by atomic mass is 10.0. The Balaban J connectivity index is 0.000000165. The van der Waals surface area contributed by atoms with Crippen LogP contribution in [0.4, 0.5) is 46.0 Å². The van der Waals surface area contributed by atoms with Gasteiger partial charge in [-0.3, -0.25) is 19.4 Å². The predicted octanol–water partition coefficient (Wildman–Crippen LogP) is 9.99. The van der Waals surface area contributed by atoms with Gasteiger partial charge < -0.3 is 50.1 Å². The van der Waals surface area contributed by atoms with Gasteiger partial charge in [0.2, 0.25) is 23.0 Å². The van der Waals surface area contributed by atoms with Crippen LogP contribution in [-0.2, 0) is 23.7 Å². The number of ether oxygens (including phenoxy) is 2. The highest BCUT2D eigenvalue weighted by Gasteiger charge is 2.36. The van der Waals surface area contributed by atoms with Crippen LogP contribution in [0.1, 0.15) is 25.7 Å². The summed E-state index contributed by atoms with van der Waals surface area (Å²) < 4.78 is 15.7. The van der Waals surface area contributed by atoms with Crippen LogP contribution in [0.5, 0.6) is 11.5 Å². The lowest BCUT2D eigenvalue weighted by Crippen LogP contribution is -2.59. The van der Waals surface area contributed by atoms with E-state index in [1.807, 2.05) is 74.8 Å². The number of carbonyl (C=O) groups is 2. The van der Waals surface area contributed by atoms with Gasteiger partial charge in [-0.15, -0.1) is 0 Å². The highest BCUT2D eigenvalue weighted by atomic mass is 35.5. The first-order valence-electron chi connectivity index (χ1n) is 26.6. The number of hydrogen-bond acceptors (Lipinski definition) is 15. The second-order valence-electron chi connectivity index (χ2n) is 20.1. The standard InChI is InChI=1S/C30H33N7O2.C27H31N7O.C3H3ClO/c1-4-29(38)32-24-15-25(28(39-3)16-27(24)37-17-20(18-37)36-13-7-8-14-36)34-30-31-12-11-23(33-30)22-19-35(2)26-10-6-5-9-21(22)26;1-32-17-20(19-7-3-4-8-24(19)32)22-9-10-29-27(30-22)31-23-13-21(28)25(14-26(23)35-2)34-15-18(16-34)33-11-5-6-12-33;1-2-3(4)5/h4-6,9-12,15-16,19-20H,1,7-8,13-14,17-18H2,2-3H3,(H,32,38)(H,31,33,34);3-4,7-10,13-14,17-18H,5-6,11-12,15-16,28H2,1-2H3,(H,29,30,31);2H,1H2. The minimum Gasteiger partial charge on any atom is -0.494 e. The quantitative estimate of drug-likeness (QED) is 0.0431. The van der Waals surface area contributed by atoms with Crippen LogP contribution in [0.2, 0.25) is 0 Å². The molecule has 18 nitrogen and oxygen atoms in total. The van der Waals surface area contributed by atoms with Crippen molar-refractivity contribution in [3.05, 3.63) is 135 Å². The number of para-hydroxylation sites is 2. The number of nitrogens with two attached hydrogens (primary N) is 1. The second kappa shape index (κ2) is 24.1. The fraction of sp³-hybridized carbons (Fsp3) is 0.300. The molecule has 0 saturated carbocycles. The number of anilines is 8.